The van der Waals surface area contributed by atoms with Gasteiger partial charge in [-0.2, -0.15) is 0 Å². The van der Waals surface area contributed by atoms with E-state index in [4.69, 9.17) is 15.6 Å². The van der Waals surface area contributed by atoms with Gasteiger partial charge in [-0.3, -0.25) is 9.69 Å². The lowest BCUT2D eigenvalue weighted by atomic mass is 9.84. The molecule has 0 aliphatic carbocycles. The Kier molecular flexibility index (Phi) is 5.16. The molecule has 3 N–H and O–H groups in total. The minimum Gasteiger partial charge on any atom is -0.478 e. The van der Waals surface area contributed by atoms with E-state index in [1.165, 1.54) is 0 Å². The third-order valence-electron chi connectivity index (χ3n) is 5.18. The molecule has 2 saturated heterocycles. The summed E-state index contributed by atoms with van der Waals surface area (Å²) in [6.45, 7) is 3.22. The first-order valence-corrected chi connectivity index (χ1v) is 8.50. The van der Waals surface area contributed by atoms with E-state index in [0.717, 1.165) is 44.5 Å². The molecule has 0 radical (unpaired) electrons. The SMILES string of the molecule is NC(=O)[C@@H]1CCO[C@H]1C1CCN(Cc2cccc(C(=O)O)c2)CC1. The van der Waals surface area contributed by atoms with Crippen molar-refractivity contribution in [1.29, 1.82) is 0 Å². The molecule has 2 aliphatic rings. The van der Waals surface area contributed by atoms with Gasteiger partial charge in [-0.15, -0.1) is 0 Å². The van der Waals surface area contributed by atoms with Crippen LogP contribution < -0.4 is 5.73 Å². The van der Waals surface area contributed by atoms with Crippen LogP contribution in [0.5, 0.6) is 0 Å². The van der Waals surface area contributed by atoms with Crippen LogP contribution in [0, 0.1) is 11.8 Å². The van der Waals surface area contributed by atoms with Gasteiger partial charge in [0.15, 0.2) is 0 Å². The number of ether oxygens (including phenoxy) is 1. The number of aromatic carboxylic acids is 1. The number of carbonyl (C=O) groups excluding carboxylic acids is 1. The molecule has 1 aromatic rings. The Balaban J connectivity index is 1.55. The quantitative estimate of drug-likeness (QED) is 0.852. The Morgan fingerprint density at radius 3 is 2.67 bits per heavy atom. The van der Waals surface area contributed by atoms with Crippen molar-refractivity contribution in [3.05, 3.63) is 35.4 Å². The average Bonchev–Trinajstić information content (AvgIpc) is 3.06. The Bertz CT molecular complexity index is 611. The highest BCUT2D eigenvalue weighted by Gasteiger charge is 2.39. The normalized spacial score (nSPS) is 25.7. The maximum Gasteiger partial charge on any atom is 0.335 e. The van der Waals surface area contributed by atoms with Crippen LogP contribution in [0.4, 0.5) is 0 Å². The Morgan fingerprint density at radius 2 is 2.00 bits per heavy atom. The summed E-state index contributed by atoms with van der Waals surface area (Å²) in [4.78, 5) is 24.9. The van der Waals surface area contributed by atoms with Crippen molar-refractivity contribution in [1.82, 2.24) is 4.90 Å². The number of amides is 1. The molecule has 6 nitrogen and oxygen atoms in total. The lowest BCUT2D eigenvalue weighted by Crippen LogP contribution is -2.41. The first-order chi connectivity index (χ1) is 11.5. The van der Waals surface area contributed by atoms with E-state index in [-0.39, 0.29) is 17.9 Å². The van der Waals surface area contributed by atoms with Crippen LogP contribution >= 0.6 is 0 Å². The molecule has 0 spiro atoms. The average molecular weight is 332 g/mol. The number of carboxylic acids is 1. The Hall–Kier alpha value is -1.92. The van der Waals surface area contributed by atoms with E-state index in [1.54, 1.807) is 18.2 Å². The molecule has 1 amide bonds. The highest BCUT2D eigenvalue weighted by Crippen LogP contribution is 2.33. The van der Waals surface area contributed by atoms with E-state index < -0.39 is 5.97 Å². The molecule has 2 fully saturated rings. The number of hydrogen-bond acceptors (Lipinski definition) is 4. The highest BCUT2D eigenvalue weighted by molar-refractivity contribution is 5.87. The van der Waals surface area contributed by atoms with Crippen molar-refractivity contribution in [2.75, 3.05) is 19.7 Å². The number of nitrogens with zero attached hydrogens (tertiary/aromatic N) is 1. The van der Waals surface area contributed by atoms with Crippen LogP contribution in [0.15, 0.2) is 24.3 Å². The fourth-order valence-electron chi connectivity index (χ4n) is 3.88. The molecular formula is C18H24N2O4. The molecule has 2 aliphatic heterocycles. The van der Waals surface area contributed by atoms with Crippen LogP contribution in [0.1, 0.15) is 35.2 Å². The topological polar surface area (TPSA) is 92.9 Å². The second kappa shape index (κ2) is 7.32. The third kappa shape index (κ3) is 3.76. The molecule has 0 unspecified atom stereocenters. The lowest BCUT2D eigenvalue weighted by Gasteiger charge is -2.35. The van der Waals surface area contributed by atoms with Gasteiger partial charge in [0.05, 0.1) is 17.6 Å². The number of hydrogen-bond donors (Lipinski definition) is 2. The minimum atomic E-state index is -0.897. The summed E-state index contributed by atoms with van der Waals surface area (Å²) >= 11 is 0. The molecule has 6 heteroatoms. The zero-order valence-corrected chi connectivity index (χ0v) is 13.7. The predicted molar refractivity (Wildman–Crippen MR) is 88.4 cm³/mol. The molecule has 0 aromatic heterocycles. The van der Waals surface area contributed by atoms with Gasteiger partial charge in [0, 0.05) is 13.2 Å². The molecule has 0 bridgehead atoms. The highest BCUT2D eigenvalue weighted by atomic mass is 16.5. The van der Waals surface area contributed by atoms with Crippen molar-refractivity contribution < 1.29 is 19.4 Å². The van der Waals surface area contributed by atoms with Crippen LogP contribution in [-0.2, 0) is 16.1 Å². The van der Waals surface area contributed by atoms with Crippen molar-refractivity contribution in [3.8, 4) is 0 Å². The first-order valence-electron chi connectivity index (χ1n) is 8.50. The van der Waals surface area contributed by atoms with Gasteiger partial charge in [0.1, 0.15) is 0 Å². The van der Waals surface area contributed by atoms with Gasteiger partial charge in [-0.25, -0.2) is 4.79 Å². The van der Waals surface area contributed by atoms with E-state index in [9.17, 15) is 9.59 Å². The second-order valence-corrected chi connectivity index (χ2v) is 6.75. The second-order valence-electron chi connectivity index (χ2n) is 6.75. The maximum absolute atomic E-state index is 11.5. The zero-order chi connectivity index (χ0) is 17.1. The fourth-order valence-corrected chi connectivity index (χ4v) is 3.88. The lowest BCUT2D eigenvalue weighted by molar-refractivity contribution is -0.124. The van der Waals surface area contributed by atoms with Crippen molar-refractivity contribution >= 4 is 11.9 Å². The molecular weight excluding hydrogens is 308 g/mol. The van der Waals surface area contributed by atoms with E-state index in [1.807, 2.05) is 6.07 Å². The number of piperidine rings is 1. The molecule has 24 heavy (non-hydrogen) atoms. The molecule has 0 saturated carbocycles. The van der Waals surface area contributed by atoms with Gasteiger partial charge in [-0.1, -0.05) is 12.1 Å². The van der Waals surface area contributed by atoms with Crippen molar-refractivity contribution in [3.63, 3.8) is 0 Å². The van der Waals surface area contributed by atoms with Gasteiger partial charge in [0.2, 0.25) is 5.91 Å². The summed E-state index contributed by atoms with van der Waals surface area (Å²) in [6.07, 6.45) is 2.67. The Morgan fingerprint density at radius 1 is 1.25 bits per heavy atom. The summed E-state index contributed by atoms with van der Waals surface area (Å²) in [5.74, 6) is -0.905. The largest absolute Gasteiger partial charge is 0.478 e. The molecule has 2 heterocycles. The summed E-state index contributed by atoms with van der Waals surface area (Å²) in [5, 5.41) is 9.08. The number of nitrogens with two attached hydrogens (primary N) is 1. The van der Waals surface area contributed by atoms with E-state index >= 15 is 0 Å². The number of rotatable bonds is 5. The van der Waals surface area contributed by atoms with Gasteiger partial charge in [0.25, 0.3) is 0 Å². The van der Waals surface area contributed by atoms with Crippen molar-refractivity contribution in [2.45, 2.75) is 31.9 Å². The number of carboxylic acid groups (broad SMARTS) is 1. The van der Waals surface area contributed by atoms with E-state index in [2.05, 4.69) is 4.90 Å². The molecule has 130 valence electrons. The first kappa shape index (κ1) is 16.9. The van der Waals surface area contributed by atoms with Crippen LogP contribution in [-0.4, -0.2) is 47.7 Å². The van der Waals surface area contributed by atoms with E-state index in [0.29, 0.717) is 18.1 Å². The molecule has 3 rings (SSSR count). The van der Waals surface area contributed by atoms with Crippen LogP contribution in [0.2, 0.25) is 0 Å². The number of primary amides is 1. The smallest absolute Gasteiger partial charge is 0.335 e. The Labute approximate surface area is 141 Å². The van der Waals surface area contributed by atoms with Crippen LogP contribution in [0.25, 0.3) is 0 Å². The molecule has 1 aromatic carbocycles. The summed E-state index contributed by atoms with van der Waals surface area (Å²) in [7, 11) is 0. The number of carbonyl (C=O) groups is 2. The standard InChI is InChI=1S/C18H24N2O4/c19-17(21)15-6-9-24-16(15)13-4-7-20(8-5-13)11-12-2-1-3-14(10-12)18(22)23/h1-3,10,13,15-16H,4-9,11H2,(H2,19,21)(H,22,23)/t15-,16+/m1/s1. The maximum atomic E-state index is 11.5. The zero-order valence-electron chi connectivity index (χ0n) is 13.7. The molecule has 2 atom stereocenters. The number of benzene rings is 1. The van der Waals surface area contributed by atoms with Crippen LogP contribution in [0.3, 0.4) is 0 Å². The monoisotopic (exact) mass is 332 g/mol. The van der Waals surface area contributed by atoms with Crippen molar-refractivity contribution in [2.24, 2.45) is 17.6 Å². The predicted octanol–water partition coefficient (Wildman–Crippen LogP) is 1.49. The summed E-state index contributed by atoms with van der Waals surface area (Å²) in [6, 6.07) is 7.09. The minimum absolute atomic E-state index is 0.0278. The summed E-state index contributed by atoms with van der Waals surface area (Å²) in [5.41, 5.74) is 6.82. The van der Waals surface area contributed by atoms with Gasteiger partial charge < -0.3 is 15.6 Å². The summed E-state index contributed by atoms with van der Waals surface area (Å²) < 4.78 is 5.78. The van der Waals surface area contributed by atoms with Gasteiger partial charge >= 0.3 is 5.97 Å². The third-order valence-corrected chi connectivity index (χ3v) is 5.18. The fraction of sp³-hybridized carbons (Fsp3) is 0.556. The number of likely N-dealkylation sites (tertiary alicyclic amines) is 1. The van der Waals surface area contributed by atoms with Gasteiger partial charge in [-0.05, 0) is 56.0 Å².